The largest absolute Gasteiger partial charge is 0.523 e. The molecule has 4 rings (SSSR count). The normalized spacial score (nSPS) is 13.0. The second kappa shape index (κ2) is 10.2. The number of anilines is 1. The third-order valence-electron chi connectivity index (χ3n) is 6.04. The number of benzene rings is 2. The molecule has 0 aliphatic carbocycles. The van der Waals surface area contributed by atoms with Gasteiger partial charge < -0.3 is 15.1 Å². The van der Waals surface area contributed by atoms with Crippen molar-refractivity contribution in [3.8, 4) is 5.75 Å². The number of hydrogen-bond acceptors (Lipinski definition) is 5. The van der Waals surface area contributed by atoms with Crippen molar-refractivity contribution >= 4 is 47.3 Å². The van der Waals surface area contributed by atoms with Gasteiger partial charge >= 0.3 is 7.05 Å². The highest BCUT2D eigenvalue weighted by Gasteiger charge is 2.41. The third kappa shape index (κ3) is 5.14. The number of fused-ring (bicyclic) bond motifs is 1. The SMILES string of the molecule is COc1cccc(C(=O)NN(C(=O)c2ccc3c(c2)NC(=S)N([n+]2ccccc2)B3O)C(C)(C)C)c1C. The number of nitrogens with zero attached hydrogens (tertiary/aromatic N) is 3. The molecule has 0 spiro atoms. The van der Waals surface area contributed by atoms with Gasteiger partial charge in [-0.15, -0.1) is 4.92 Å². The number of nitrogens with one attached hydrogen (secondary N) is 2. The van der Waals surface area contributed by atoms with Gasteiger partial charge in [-0.3, -0.25) is 15.0 Å². The van der Waals surface area contributed by atoms with Crippen LogP contribution in [0.2, 0.25) is 0 Å². The predicted octanol–water partition coefficient (Wildman–Crippen LogP) is 1.91. The highest BCUT2D eigenvalue weighted by atomic mass is 32.1. The minimum atomic E-state index is -1.06. The Morgan fingerprint density at radius 1 is 1.14 bits per heavy atom. The van der Waals surface area contributed by atoms with Crippen LogP contribution >= 0.6 is 12.2 Å². The molecule has 3 N–H and O–H groups in total. The second-order valence-corrected chi connectivity index (χ2v) is 9.98. The van der Waals surface area contributed by atoms with E-state index in [4.69, 9.17) is 17.0 Å². The van der Waals surface area contributed by atoms with Crippen LogP contribution in [-0.4, -0.2) is 46.7 Å². The van der Waals surface area contributed by atoms with Crippen molar-refractivity contribution in [2.75, 3.05) is 17.3 Å². The van der Waals surface area contributed by atoms with Crippen LogP contribution in [0.25, 0.3) is 0 Å². The number of hydrazine groups is 1. The Morgan fingerprint density at radius 2 is 1.84 bits per heavy atom. The highest BCUT2D eigenvalue weighted by Crippen LogP contribution is 2.23. The Bertz CT molecular complexity index is 1360. The van der Waals surface area contributed by atoms with Gasteiger partial charge in [0, 0.05) is 40.0 Å². The van der Waals surface area contributed by atoms with Crippen LogP contribution in [0.3, 0.4) is 0 Å². The molecule has 3 aromatic rings. The topological polar surface area (TPSA) is 98.0 Å². The summed E-state index contributed by atoms with van der Waals surface area (Å²) in [5.41, 5.74) is 4.50. The molecule has 9 nitrogen and oxygen atoms in total. The zero-order valence-corrected chi connectivity index (χ0v) is 22.2. The van der Waals surface area contributed by atoms with E-state index >= 15 is 0 Å². The van der Waals surface area contributed by atoms with E-state index in [1.165, 1.54) is 9.93 Å². The molecule has 0 saturated heterocycles. The van der Waals surface area contributed by atoms with E-state index in [1.807, 2.05) is 39.0 Å². The van der Waals surface area contributed by atoms with E-state index < -0.39 is 24.4 Å². The van der Waals surface area contributed by atoms with Crippen LogP contribution in [0, 0.1) is 6.92 Å². The van der Waals surface area contributed by atoms with Crippen LogP contribution in [0.15, 0.2) is 67.0 Å². The Balaban J connectivity index is 1.63. The standard InChI is InChI=1S/C26H28BN5O4S/c1-17-19(10-9-11-22(17)36-5)23(33)29-31(26(2,3)4)24(34)18-12-13-20-21(16-18)28-25(37)32(27(20)35)30-14-7-6-8-15-30/h6-16,35H,1-5H3,(H-,28,29,33,37)/p+1. The van der Waals surface area contributed by atoms with Gasteiger partial charge in [-0.1, -0.05) is 22.9 Å². The Hall–Kier alpha value is -3.96. The first-order chi connectivity index (χ1) is 17.5. The van der Waals surface area contributed by atoms with Gasteiger partial charge in [0.05, 0.1) is 12.6 Å². The Labute approximate surface area is 221 Å². The van der Waals surface area contributed by atoms with Crippen molar-refractivity contribution in [3.05, 3.63) is 83.7 Å². The molecule has 1 aromatic heterocycles. The number of pyridine rings is 1. The number of hydrogen-bond donors (Lipinski definition) is 3. The molecule has 0 radical (unpaired) electrons. The molecule has 190 valence electrons. The number of aromatic nitrogens is 1. The van der Waals surface area contributed by atoms with E-state index in [0.717, 1.165) is 0 Å². The lowest BCUT2D eigenvalue weighted by Crippen LogP contribution is -2.74. The molecular formula is C26H29BN5O4S+. The number of carbonyl (C=O) groups excluding carboxylic acids is 2. The molecule has 0 atom stereocenters. The van der Waals surface area contributed by atoms with E-state index in [1.54, 1.807) is 67.5 Å². The molecule has 0 unspecified atom stereocenters. The average Bonchev–Trinajstić information content (AvgIpc) is 2.86. The van der Waals surface area contributed by atoms with Crippen molar-refractivity contribution in [2.45, 2.75) is 33.2 Å². The minimum Gasteiger partial charge on any atom is -0.496 e. The molecule has 37 heavy (non-hydrogen) atoms. The first-order valence-corrected chi connectivity index (χ1v) is 12.1. The maximum absolute atomic E-state index is 13.6. The van der Waals surface area contributed by atoms with Crippen LogP contribution in [-0.2, 0) is 0 Å². The third-order valence-corrected chi connectivity index (χ3v) is 6.33. The lowest BCUT2D eigenvalue weighted by Gasteiger charge is -2.36. The zero-order chi connectivity index (χ0) is 26.9. The summed E-state index contributed by atoms with van der Waals surface area (Å²) in [6, 6.07) is 15.6. The number of amides is 2. The zero-order valence-electron chi connectivity index (χ0n) is 21.4. The minimum absolute atomic E-state index is 0.273. The lowest BCUT2D eigenvalue weighted by atomic mass is 9.70. The molecule has 0 bridgehead atoms. The van der Waals surface area contributed by atoms with Crippen LogP contribution < -0.4 is 30.5 Å². The van der Waals surface area contributed by atoms with Gasteiger partial charge in [-0.2, -0.15) is 0 Å². The summed E-state index contributed by atoms with van der Waals surface area (Å²) in [5, 5.41) is 15.7. The predicted molar refractivity (Wildman–Crippen MR) is 146 cm³/mol. The van der Waals surface area contributed by atoms with Crippen molar-refractivity contribution < 1.29 is 24.0 Å². The van der Waals surface area contributed by atoms with E-state index in [9.17, 15) is 14.6 Å². The summed E-state index contributed by atoms with van der Waals surface area (Å²) < 4.78 is 7.01. The maximum Gasteiger partial charge on any atom is 0.523 e. The molecule has 2 aromatic carbocycles. The number of carbonyl (C=O) groups is 2. The Kier molecular flexibility index (Phi) is 7.20. The number of methoxy groups -OCH3 is 1. The summed E-state index contributed by atoms with van der Waals surface area (Å²) in [7, 11) is 0.481. The lowest BCUT2D eigenvalue weighted by molar-refractivity contribution is -0.668. The first kappa shape index (κ1) is 26.1. The monoisotopic (exact) mass is 518 g/mol. The second-order valence-electron chi connectivity index (χ2n) is 9.59. The van der Waals surface area contributed by atoms with E-state index in [0.29, 0.717) is 33.6 Å². The molecule has 11 heteroatoms. The molecular weight excluding hydrogens is 489 g/mol. The fourth-order valence-corrected chi connectivity index (χ4v) is 4.40. The highest BCUT2D eigenvalue weighted by molar-refractivity contribution is 7.81. The fourth-order valence-electron chi connectivity index (χ4n) is 4.10. The summed E-state index contributed by atoms with van der Waals surface area (Å²) in [5.74, 6) is -0.256. The smallest absolute Gasteiger partial charge is 0.496 e. The van der Waals surface area contributed by atoms with Crippen LogP contribution in [0.1, 0.15) is 47.1 Å². The van der Waals surface area contributed by atoms with Gasteiger partial charge in [-0.25, -0.2) is 5.01 Å². The van der Waals surface area contributed by atoms with Gasteiger partial charge in [0.25, 0.3) is 11.8 Å². The molecule has 2 heterocycles. The van der Waals surface area contributed by atoms with Crippen LogP contribution in [0.5, 0.6) is 5.75 Å². The summed E-state index contributed by atoms with van der Waals surface area (Å²) in [6.45, 7) is 7.27. The van der Waals surface area contributed by atoms with Gasteiger partial charge in [-0.05, 0) is 64.2 Å². The van der Waals surface area contributed by atoms with Gasteiger partial charge in [0.2, 0.25) is 5.11 Å². The fraction of sp³-hybridized carbons (Fsp3) is 0.231. The van der Waals surface area contributed by atoms with Gasteiger partial charge in [0.1, 0.15) is 5.75 Å². The van der Waals surface area contributed by atoms with Crippen LogP contribution in [0.4, 0.5) is 5.69 Å². The molecule has 2 amide bonds. The van der Waals surface area contributed by atoms with Crippen molar-refractivity contribution in [2.24, 2.45) is 0 Å². The van der Waals surface area contributed by atoms with Crippen molar-refractivity contribution in [1.82, 2.24) is 10.4 Å². The Morgan fingerprint density at radius 3 is 2.49 bits per heavy atom. The maximum atomic E-state index is 13.6. The van der Waals surface area contributed by atoms with E-state index in [-0.39, 0.29) is 5.11 Å². The molecule has 0 fully saturated rings. The van der Waals surface area contributed by atoms with Gasteiger partial charge in [0.15, 0.2) is 12.4 Å². The van der Waals surface area contributed by atoms with E-state index in [2.05, 4.69) is 10.7 Å². The summed E-state index contributed by atoms with van der Waals surface area (Å²) >= 11 is 5.50. The molecule has 0 saturated carbocycles. The molecule has 1 aliphatic heterocycles. The number of ether oxygens (including phenoxy) is 1. The summed E-state index contributed by atoms with van der Waals surface area (Å²) in [4.78, 5) is 28.4. The van der Waals surface area contributed by atoms with Crippen molar-refractivity contribution in [1.29, 1.82) is 0 Å². The quantitative estimate of drug-likeness (QED) is 0.210. The average molecular weight is 518 g/mol. The molecule has 1 aliphatic rings. The summed E-state index contributed by atoms with van der Waals surface area (Å²) in [6.07, 6.45) is 3.54. The first-order valence-electron chi connectivity index (χ1n) is 11.7. The van der Waals surface area contributed by atoms with Crippen molar-refractivity contribution in [3.63, 3.8) is 0 Å². The number of thiocarbonyl (C=S) groups is 1. The number of rotatable bonds is 4.